The zero-order valence-corrected chi connectivity index (χ0v) is 7.65. The number of oxazole rings is 1. The number of hydrogen-bond donors (Lipinski definition) is 0. The van der Waals surface area contributed by atoms with Crippen molar-refractivity contribution < 1.29 is 4.42 Å². The minimum Gasteiger partial charge on any atom is -0.448 e. The lowest BCUT2D eigenvalue weighted by atomic mass is 9.78. The zero-order chi connectivity index (χ0) is 8.67. The summed E-state index contributed by atoms with van der Waals surface area (Å²) < 4.78 is 5.39. The average molecular weight is 178 g/mol. The molecule has 1 atom stereocenters. The van der Waals surface area contributed by atoms with Gasteiger partial charge in [-0.3, -0.25) is 0 Å². The van der Waals surface area contributed by atoms with Crippen LogP contribution >= 0.6 is 0 Å². The number of piperidine rings is 3. The summed E-state index contributed by atoms with van der Waals surface area (Å²) >= 11 is 0. The van der Waals surface area contributed by atoms with E-state index in [1.165, 1.54) is 32.5 Å². The number of rotatable bonds is 1. The second kappa shape index (κ2) is 2.84. The molecule has 13 heavy (non-hydrogen) atoms. The third-order valence-electron chi connectivity index (χ3n) is 3.47. The molecule has 3 aliphatic heterocycles. The van der Waals surface area contributed by atoms with Crippen LogP contribution in [-0.4, -0.2) is 29.5 Å². The zero-order valence-electron chi connectivity index (χ0n) is 7.65. The summed E-state index contributed by atoms with van der Waals surface area (Å²) in [6, 6.07) is 0. The molecule has 0 aliphatic carbocycles. The Kier molecular flexibility index (Phi) is 1.65. The van der Waals surface area contributed by atoms with E-state index in [0.717, 1.165) is 11.7 Å². The first-order chi connectivity index (χ1) is 6.43. The van der Waals surface area contributed by atoms with Crippen LogP contribution in [0.1, 0.15) is 24.5 Å². The summed E-state index contributed by atoms with van der Waals surface area (Å²) in [6.45, 7) is 3.75. The largest absolute Gasteiger partial charge is 0.448 e. The molecule has 0 spiro atoms. The normalized spacial score (nSPS) is 38.0. The van der Waals surface area contributed by atoms with Gasteiger partial charge in [0.25, 0.3) is 0 Å². The Labute approximate surface area is 77.7 Å². The number of nitrogens with zero attached hydrogens (tertiary/aromatic N) is 2. The van der Waals surface area contributed by atoms with Crippen LogP contribution in [0.25, 0.3) is 0 Å². The molecule has 1 aromatic rings. The molecule has 0 N–H and O–H groups in total. The van der Waals surface area contributed by atoms with Crippen LogP contribution < -0.4 is 0 Å². The van der Waals surface area contributed by atoms with E-state index < -0.39 is 0 Å². The monoisotopic (exact) mass is 178 g/mol. The average Bonchev–Trinajstić information content (AvgIpc) is 2.72. The highest BCUT2D eigenvalue weighted by Gasteiger charge is 2.36. The molecule has 4 rings (SSSR count). The van der Waals surface area contributed by atoms with Crippen molar-refractivity contribution in [1.82, 2.24) is 9.88 Å². The second-order valence-electron chi connectivity index (χ2n) is 4.15. The van der Waals surface area contributed by atoms with Gasteiger partial charge in [0, 0.05) is 12.5 Å². The van der Waals surface area contributed by atoms with Crippen molar-refractivity contribution >= 4 is 0 Å². The fraction of sp³-hybridized carbons (Fsp3) is 0.700. The van der Waals surface area contributed by atoms with Gasteiger partial charge in [0.05, 0.1) is 6.20 Å². The molecule has 0 amide bonds. The summed E-state index contributed by atoms with van der Waals surface area (Å²) in [5.74, 6) is 2.55. The Balaban J connectivity index is 1.85. The first kappa shape index (κ1) is 7.56. The third-order valence-corrected chi connectivity index (χ3v) is 3.47. The molecule has 0 saturated carbocycles. The molecule has 3 fully saturated rings. The van der Waals surface area contributed by atoms with Gasteiger partial charge in [-0.25, -0.2) is 4.98 Å². The second-order valence-corrected chi connectivity index (χ2v) is 4.15. The molecule has 3 heteroatoms. The first-order valence-electron chi connectivity index (χ1n) is 5.04. The van der Waals surface area contributed by atoms with Gasteiger partial charge in [-0.15, -0.1) is 0 Å². The molecule has 3 aliphatic rings. The quantitative estimate of drug-likeness (QED) is 0.652. The fourth-order valence-corrected chi connectivity index (χ4v) is 2.70. The molecular formula is C10H14N2O. The van der Waals surface area contributed by atoms with Gasteiger partial charge in [-0.05, 0) is 31.8 Å². The molecule has 3 saturated heterocycles. The fourth-order valence-electron chi connectivity index (χ4n) is 2.70. The van der Waals surface area contributed by atoms with Crippen molar-refractivity contribution in [2.45, 2.75) is 18.8 Å². The van der Waals surface area contributed by atoms with E-state index in [2.05, 4.69) is 9.88 Å². The van der Waals surface area contributed by atoms with Crippen molar-refractivity contribution in [1.29, 1.82) is 0 Å². The lowest BCUT2D eigenvalue weighted by Crippen LogP contribution is -2.46. The molecule has 0 radical (unpaired) electrons. The molecule has 3 nitrogen and oxygen atoms in total. The maximum Gasteiger partial charge on any atom is 0.180 e. The summed E-state index contributed by atoms with van der Waals surface area (Å²) in [6.07, 6.45) is 6.11. The smallest absolute Gasteiger partial charge is 0.180 e. The van der Waals surface area contributed by atoms with Crippen LogP contribution in [0.5, 0.6) is 0 Å². The van der Waals surface area contributed by atoms with Crippen LogP contribution in [0.3, 0.4) is 0 Å². The van der Waals surface area contributed by atoms with Gasteiger partial charge >= 0.3 is 0 Å². The highest BCUT2D eigenvalue weighted by molar-refractivity contribution is 5.06. The van der Waals surface area contributed by atoms with Crippen molar-refractivity contribution in [3.63, 3.8) is 0 Å². The predicted molar refractivity (Wildman–Crippen MR) is 48.4 cm³/mol. The van der Waals surface area contributed by atoms with E-state index >= 15 is 0 Å². The first-order valence-corrected chi connectivity index (χ1v) is 5.04. The Bertz CT molecular complexity index is 275. The molecule has 0 aromatic carbocycles. The number of aromatic nitrogens is 1. The Morgan fingerprint density at radius 1 is 1.38 bits per heavy atom. The summed E-state index contributed by atoms with van der Waals surface area (Å²) in [5.41, 5.74) is 0. The molecule has 4 heterocycles. The maximum atomic E-state index is 5.39. The molecule has 1 unspecified atom stereocenters. The van der Waals surface area contributed by atoms with Crippen LogP contribution in [-0.2, 0) is 0 Å². The predicted octanol–water partition coefficient (Wildman–Crippen LogP) is 1.48. The topological polar surface area (TPSA) is 29.3 Å². The molecule has 1 aromatic heterocycles. The van der Waals surface area contributed by atoms with Crippen molar-refractivity contribution in [3.8, 4) is 0 Å². The lowest BCUT2D eigenvalue weighted by molar-refractivity contribution is 0.0779. The summed E-state index contributed by atoms with van der Waals surface area (Å²) in [5, 5.41) is 0. The lowest BCUT2D eigenvalue weighted by Gasteiger charge is -2.43. The van der Waals surface area contributed by atoms with Crippen LogP contribution in [0.4, 0.5) is 0 Å². The Morgan fingerprint density at radius 3 is 2.77 bits per heavy atom. The van der Waals surface area contributed by atoms with Gasteiger partial charge < -0.3 is 9.32 Å². The molecular weight excluding hydrogens is 164 g/mol. The van der Waals surface area contributed by atoms with Crippen LogP contribution in [0.15, 0.2) is 17.0 Å². The van der Waals surface area contributed by atoms with Gasteiger partial charge in [0.2, 0.25) is 0 Å². The standard InChI is InChI=1S/C10H14N2O/c1-3-12-4-2-8(1)9(6-12)10-5-11-7-13-10/h5,7-9H,1-4,6H2. The van der Waals surface area contributed by atoms with Gasteiger partial charge in [0.15, 0.2) is 6.39 Å². The molecule has 2 bridgehead atoms. The van der Waals surface area contributed by atoms with E-state index in [0.29, 0.717) is 5.92 Å². The van der Waals surface area contributed by atoms with Crippen LogP contribution in [0, 0.1) is 5.92 Å². The van der Waals surface area contributed by atoms with Gasteiger partial charge in [-0.1, -0.05) is 0 Å². The van der Waals surface area contributed by atoms with Crippen molar-refractivity contribution in [3.05, 3.63) is 18.4 Å². The van der Waals surface area contributed by atoms with E-state index in [-0.39, 0.29) is 0 Å². The van der Waals surface area contributed by atoms with Crippen LogP contribution in [0.2, 0.25) is 0 Å². The van der Waals surface area contributed by atoms with Gasteiger partial charge in [-0.2, -0.15) is 0 Å². The maximum absolute atomic E-state index is 5.39. The minimum absolute atomic E-state index is 0.616. The Hall–Kier alpha value is -0.830. The van der Waals surface area contributed by atoms with E-state index in [4.69, 9.17) is 4.42 Å². The van der Waals surface area contributed by atoms with Crippen molar-refractivity contribution in [2.24, 2.45) is 5.92 Å². The van der Waals surface area contributed by atoms with Gasteiger partial charge in [0.1, 0.15) is 5.76 Å². The minimum atomic E-state index is 0.616. The summed E-state index contributed by atoms with van der Waals surface area (Å²) in [4.78, 5) is 6.53. The Morgan fingerprint density at radius 2 is 2.23 bits per heavy atom. The third kappa shape index (κ3) is 1.18. The SMILES string of the molecule is c1ncc(C2CN3CCC2CC3)o1. The number of hydrogen-bond acceptors (Lipinski definition) is 3. The van der Waals surface area contributed by atoms with Crippen molar-refractivity contribution in [2.75, 3.05) is 19.6 Å². The highest BCUT2D eigenvalue weighted by atomic mass is 16.3. The van der Waals surface area contributed by atoms with E-state index in [1.54, 1.807) is 6.39 Å². The summed E-state index contributed by atoms with van der Waals surface area (Å²) in [7, 11) is 0. The highest BCUT2D eigenvalue weighted by Crippen LogP contribution is 2.38. The van der Waals surface area contributed by atoms with E-state index in [1.807, 2.05) is 6.20 Å². The number of fused-ring (bicyclic) bond motifs is 3. The molecule has 70 valence electrons. The van der Waals surface area contributed by atoms with E-state index in [9.17, 15) is 0 Å².